The summed E-state index contributed by atoms with van der Waals surface area (Å²) < 4.78 is 25.1. The molecule has 6 nitrogen and oxygen atoms in total. The average molecular weight is 332 g/mol. The number of nitrogens with one attached hydrogen (secondary N) is 1. The minimum atomic E-state index is -3.22. The van der Waals surface area contributed by atoms with E-state index in [0.29, 0.717) is 29.9 Å². The van der Waals surface area contributed by atoms with E-state index >= 15 is 0 Å². The molecule has 7 heteroatoms. The maximum Gasteiger partial charge on any atom is 0.255 e. The van der Waals surface area contributed by atoms with E-state index in [1.54, 1.807) is 36.4 Å². The number of phenolic OH excluding ortho intramolecular Hbond substituents is 1. The van der Waals surface area contributed by atoms with Crippen LogP contribution in [0.5, 0.6) is 5.75 Å². The lowest BCUT2D eigenvalue weighted by Crippen LogP contribution is -2.25. The molecule has 0 atom stereocenters. The van der Waals surface area contributed by atoms with Gasteiger partial charge in [-0.3, -0.25) is 9.10 Å². The smallest absolute Gasteiger partial charge is 0.255 e. The molecule has 0 aromatic heterocycles. The van der Waals surface area contributed by atoms with Crippen molar-refractivity contribution >= 4 is 27.3 Å². The fraction of sp³-hybridized carbons (Fsp3) is 0.188. The summed E-state index contributed by atoms with van der Waals surface area (Å²) in [5, 5.41) is 12.1. The summed E-state index contributed by atoms with van der Waals surface area (Å²) in [5.41, 5.74) is 1.46. The third-order valence-electron chi connectivity index (χ3n) is 3.62. The number of sulfonamides is 1. The fourth-order valence-electron chi connectivity index (χ4n) is 2.50. The van der Waals surface area contributed by atoms with Crippen LogP contribution in [0.3, 0.4) is 0 Å². The second kappa shape index (κ2) is 5.92. The van der Waals surface area contributed by atoms with Crippen molar-refractivity contribution in [3.8, 4) is 5.75 Å². The Balaban J connectivity index is 1.75. The number of hydrogen-bond acceptors (Lipinski definition) is 4. The van der Waals surface area contributed by atoms with Gasteiger partial charge in [-0.2, -0.15) is 0 Å². The fourth-order valence-corrected chi connectivity index (χ4v) is 4.06. The van der Waals surface area contributed by atoms with Crippen molar-refractivity contribution in [3.05, 3.63) is 54.1 Å². The first-order valence-corrected chi connectivity index (χ1v) is 8.77. The SMILES string of the molecule is O=C(Nc1cccc(O)c1)c1ccc(N2CCCS2(=O)=O)cc1. The van der Waals surface area contributed by atoms with Crippen LogP contribution >= 0.6 is 0 Å². The molecule has 1 heterocycles. The second-order valence-corrected chi connectivity index (χ2v) is 7.31. The highest BCUT2D eigenvalue weighted by Gasteiger charge is 2.28. The topological polar surface area (TPSA) is 86.7 Å². The highest BCUT2D eigenvalue weighted by atomic mass is 32.2. The zero-order valence-electron chi connectivity index (χ0n) is 12.3. The summed E-state index contributed by atoms with van der Waals surface area (Å²) >= 11 is 0. The molecule has 1 fully saturated rings. The standard InChI is InChI=1S/C16H16N2O4S/c19-15-4-1-3-13(11-15)17-16(20)12-5-7-14(8-6-12)18-9-2-10-23(18,21)22/h1,3-8,11,19H,2,9-10H2,(H,17,20). The molecule has 1 saturated heterocycles. The Kier molecular flexibility index (Phi) is 3.96. The first-order chi connectivity index (χ1) is 11.0. The Bertz CT molecular complexity index is 831. The molecule has 1 aliphatic heterocycles. The largest absolute Gasteiger partial charge is 0.508 e. The lowest BCUT2D eigenvalue weighted by molar-refractivity contribution is 0.102. The predicted octanol–water partition coefficient (Wildman–Crippen LogP) is 2.18. The van der Waals surface area contributed by atoms with E-state index < -0.39 is 10.0 Å². The molecular weight excluding hydrogens is 316 g/mol. The van der Waals surface area contributed by atoms with Crippen LogP contribution in [-0.2, 0) is 10.0 Å². The number of rotatable bonds is 3. The number of carbonyl (C=O) groups excluding carboxylic acids is 1. The first-order valence-electron chi connectivity index (χ1n) is 7.16. The van der Waals surface area contributed by atoms with Gasteiger partial charge in [-0.05, 0) is 42.8 Å². The van der Waals surface area contributed by atoms with Crippen LogP contribution in [0.25, 0.3) is 0 Å². The van der Waals surface area contributed by atoms with Gasteiger partial charge in [0.05, 0.1) is 11.4 Å². The number of phenols is 1. The number of carbonyl (C=O) groups is 1. The maximum absolute atomic E-state index is 12.2. The van der Waals surface area contributed by atoms with Crippen LogP contribution < -0.4 is 9.62 Å². The summed E-state index contributed by atoms with van der Waals surface area (Å²) in [7, 11) is -3.22. The van der Waals surface area contributed by atoms with Gasteiger partial charge in [0.25, 0.3) is 5.91 Å². The van der Waals surface area contributed by atoms with E-state index in [1.165, 1.54) is 16.4 Å². The van der Waals surface area contributed by atoms with Gasteiger partial charge < -0.3 is 10.4 Å². The van der Waals surface area contributed by atoms with E-state index in [1.807, 2.05) is 0 Å². The lowest BCUT2D eigenvalue weighted by Gasteiger charge is -2.17. The van der Waals surface area contributed by atoms with Gasteiger partial charge >= 0.3 is 0 Å². The van der Waals surface area contributed by atoms with Gasteiger partial charge in [-0.25, -0.2) is 8.42 Å². The van der Waals surface area contributed by atoms with Crippen LogP contribution in [0.15, 0.2) is 48.5 Å². The van der Waals surface area contributed by atoms with Crippen molar-refractivity contribution in [2.45, 2.75) is 6.42 Å². The molecular formula is C16H16N2O4S. The Labute approximate surface area is 134 Å². The van der Waals surface area contributed by atoms with E-state index in [-0.39, 0.29) is 17.4 Å². The lowest BCUT2D eigenvalue weighted by atomic mass is 10.2. The summed E-state index contributed by atoms with van der Waals surface area (Å²) in [5.74, 6) is -0.101. The van der Waals surface area contributed by atoms with Crippen molar-refractivity contribution in [3.63, 3.8) is 0 Å². The summed E-state index contributed by atoms with van der Waals surface area (Å²) in [6.07, 6.45) is 0.613. The molecule has 0 saturated carbocycles. The molecule has 2 N–H and O–H groups in total. The molecule has 2 aromatic carbocycles. The van der Waals surface area contributed by atoms with Crippen LogP contribution in [0.4, 0.5) is 11.4 Å². The van der Waals surface area contributed by atoms with Crippen molar-refractivity contribution in [1.29, 1.82) is 0 Å². The van der Waals surface area contributed by atoms with Crippen molar-refractivity contribution < 1.29 is 18.3 Å². The Morgan fingerprint density at radius 3 is 2.48 bits per heavy atom. The van der Waals surface area contributed by atoms with Crippen LogP contribution in [-0.4, -0.2) is 31.7 Å². The summed E-state index contributed by atoms with van der Waals surface area (Å²) in [6, 6.07) is 12.7. The molecule has 23 heavy (non-hydrogen) atoms. The number of hydrogen-bond donors (Lipinski definition) is 2. The zero-order chi connectivity index (χ0) is 16.4. The van der Waals surface area contributed by atoms with E-state index in [9.17, 15) is 18.3 Å². The quantitative estimate of drug-likeness (QED) is 0.902. The second-order valence-electron chi connectivity index (χ2n) is 5.29. The number of nitrogens with zero attached hydrogens (tertiary/aromatic N) is 1. The first kappa shape index (κ1) is 15.4. The van der Waals surface area contributed by atoms with Crippen molar-refractivity contribution in [2.24, 2.45) is 0 Å². The van der Waals surface area contributed by atoms with Crippen molar-refractivity contribution in [2.75, 3.05) is 21.9 Å². The Morgan fingerprint density at radius 2 is 1.87 bits per heavy atom. The predicted molar refractivity (Wildman–Crippen MR) is 88.3 cm³/mol. The maximum atomic E-state index is 12.2. The minimum absolute atomic E-state index is 0.0670. The molecule has 0 spiro atoms. The van der Waals surface area contributed by atoms with Gasteiger partial charge in [0, 0.05) is 23.9 Å². The number of benzene rings is 2. The molecule has 120 valence electrons. The highest BCUT2D eigenvalue weighted by Crippen LogP contribution is 2.24. The zero-order valence-corrected chi connectivity index (χ0v) is 13.1. The molecule has 1 amide bonds. The van der Waals surface area contributed by atoms with Gasteiger partial charge in [-0.15, -0.1) is 0 Å². The molecule has 0 aliphatic carbocycles. The molecule has 1 aliphatic rings. The summed E-state index contributed by atoms with van der Waals surface area (Å²) in [4.78, 5) is 12.2. The average Bonchev–Trinajstić information content (AvgIpc) is 2.87. The number of amides is 1. The van der Waals surface area contributed by atoms with Crippen LogP contribution in [0.2, 0.25) is 0 Å². The third kappa shape index (κ3) is 3.29. The third-order valence-corrected chi connectivity index (χ3v) is 5.49. The molecule has 2 aromatic rings. The Hall–Kier alpha value is -2.54. The van der Waals surface area contributed by atoms with E-state index in [4.69, 9.17) is 0 Å². The summed E-state index contributed by atoms with van der Waals surface area (Å²) in [6.45, 7) is 0.469. The van der Waals surface area contributed by atoms with Gasteiger partial charge in [0.1, 0.15) is 5.75 Å². The molecule has 0 unspecified atom stereocenters. The monoisotopic (exact) mass is 332 g/mol. The molecule has 3 rings (SSSR count). The van der Waals surface area contributed by atoms with Crippen molar-refractivity contribution in [1.82, 2.24) is 0 Å². The van der Waals surface area contributed by atoms with E-state index in [0.717, 1.165) is 0 Å². The number of anilines is 2. The Morgan fingerprint density at radius 1 is 1.13 bits per heavy atom. The van der Waals surface area contributed by atoms with Gasteiger partial charge in [-0.1, -0.05) is 6.07 Å². The van der Waals surface area contributed by atoms with Crippen LogP contribution in [0, 0.1) is 0 Å². The number of aromatic hydroxyl groups is 1. The van der Waals surface area contributed by atoms with Gasteiger partial charge in [0.2, 0.25) is 10.0 Å². The normalized spacial score (nSPS) is 16.3. The highest BCUT2D eigenvalue weighted by molar-refractivity contribution is 7.93. The minimum Gasteiger partial charge on any atom is -0.508 e. The molecule has 0 radical (unpaired) electrons. The van der Waals surface area contributed by atoms with E-state index in [2.05, 4.69) is 5.32 Å². The van der Waals surface area contributed by atoms with Crippen LogP contribution in [0.1, 0.15) is 16.8 Å². The van der Waals surface area contributed by atoms with Gasteiger partial charge in [0.15, 0.2) is 0 Å². The molecule has 0 bridgehead atoms.